The van der Waals surface area contributed by atoms with Crippen molar-refractivity contribution >= 4 is 5.91 Å². The molecule has 7 heteroatoms. The molecule has 1 aromatic carbocycles. The third-order valence-corrected chi connectivity index (χ3v) is 3.78. The second-order valence-electron chi connectivity index (χ2n) is 5.20. The number of amides is 1. The molecule has 1 atom stereocenters. The molecular weight excluding hydrogens is 292 g/mol. The molecule has 0 aliphatic rings. The summed E-state index contributed by atoms with van der Waals surface area (Å²) in [6.45, 7) is 2.03. The Bertz CT molecular complexity index is 793. The Labute approximate surface area is 134 Å². The zero-order chi connectivity index (χ0) is 16.2. The van der Waals surface area contributed by atoms with Gasteiger partial charge in [0, 0.05) is 13.2 Å². The standard InChI is InChI=1S/C16H18N6O/c1-3-13(15-8-9-19-21(15)2)20-16(23)12-6-4-5-7-14(12)22-10-17-18-11-22/h4-11,13H,3H2,1-2H3,(H,20,23). The number of hydrogen-bond acceptors (Lipinski definition) is 4. The summed E-state index contributed by atoms with van der Waals surface area (Å²) in [6, 6.07) is 9.20. The number of benzene rings is 1. The van der Waals surface area contributed by atoms with E-state index in [1.165, 1.54) is 0 Å². The molecule has 0 aliphatic heterocycles. The van der Waals surface area contributed by atoms with Gasteiger partial charge in [-0.15, -0.1) is 10.2 Å². The zero-order valence-corrected chi connectivity index (χ0v) is 13.0. The molecule has 118 valence electrons. The summed E-state index contributed by atoms with van der Waals surface area (Å²) in [5.41, 5.74) is 2.30. The van der Waals surface area contributed by atoms with Crippen molar-refractivity contribution in [3.05, 3.63) is 60.4 Å². The van der Waals surface area contributed by atoms with Crippen molar-refractivity contribution in [2.24, 2.45) is 7.05 Å². The van der Waals surface area contributed by atoms with Gasteiger partial charge in [-0.25, -0.2) is 0 Å². The van der Waals surface area contributed by atoms with E-state index in [0.29, 0.717) is 5.56 Å². The average Bonchev–Trinajstić information content (AvgIpc) is 3.24. The first-order chi connectivity index (χ1) is 11.2. The lowest BCUT2D eigenvalue weighted by Crippen LogP contribution is -2.30. The fourth-order valence-electron chi connectivity index (χ4n) is 2.56. The number of aromatic nitrogens is 5. The average molecular weight is 310 g/mol. The van der Waals surface area contributed by atoms with Gasteiger partial charge in [0.05, 0.1) is 23.0 Å². The van der Waals surface area contributed by atoms with Gasteiger partial charge in [-0.1, -0.05) is 19.1 Å². The summed E-state index contributed by atoms with van der Waals surface area (Å²) >= 11 is 0. The Morgan fingerprint density at radius 3 is 2.61 bits per heavy atom. The Balaban J connectivity index is 1.88. The molecule has 3 aromatic rings. The van der Waals surface area contributed by atoms with Crippen LogP contribution in [0, 0.1) is 0 Å². The first-order valence-corrected chi connectivity index (χ1v) is 7.43. The number of nitrogens with one attached hydrogen (secondary N) is 1. The summed E-state index contributed by atoms with van der Waals surface area (Å²) in [5.74, 6) is -0.137. The van der Waals surface area contributed by atoms with E-state index in [4.69, 9.17) is 0 Å². The topological polar surface area (TPSA) is 77.6 Å². The molecule has 1 amide bonds. The smallest absolute Gasteiger partial charge is 0.253 e. The summed E-state index contributed by atoms with van der Waals surface area (Å²) < 4.78 is 3.50. The minimum atomic E-state index is -0.137. The van der Waals surface area contributed by atoms with Crippen LogP contribution in [0.1, 0.15) is 35.4 Å². The summed E-state index contributed by atoms with van der Waals surface area (Å²) in [6.07, 6.45) is 5.66. The molecule has 0 spiro atoms. The molecule has 7 nitrogen and oxygen atoms in total. The highest BCUT2D eigenvalue weighted by atomic mass is 16.1. The van der Waals surface area contributed by atoms with E-state index < -0.39 is 0 Å². The predicted octanol–water partition coefficient (Wildman–Crippen LogP) is 1.88. The molecular formula is C16H18N6O. The van der Waals surface area contributed by atoms with Crippen LogP contribution < -0.4 is 5.32 Å². The number of nitrogens with zero attached hydrogens (tertiary/aromatic N) is 5. The first kappa shape index (κ1) is 15.0. The Kier molecular flexibility index (Phi) is 4.18. The SMILES string of the molecule is CCC(NC(=O)c1ccccc1-n1cnnc1)c1ccnn1C. The van der Waals surface area contributed by atoms with E-state index in [-0.39, 0.29) is 11.9 Å². The molecule has 0 radical (unpaired) electrons. The van der Waals surface area contributed by atoms with Gasteiger partial charge in [0.15, 0.2) is 0 Å². The van der Waals surface area contributed by atoms with Crippen LogP contribution >= 0.6 is 0 Å². The van der Waals surface area contributed by atoms with Crippen LogP contribution in [-0.2, 0) is 7.05 Å². The lowest BCUT2D eigenvalue weighted by Gasteiger charge is -2.18. The largest absolute Gasteiger partial charge is 0.344 e. The van der Waals surface area contributed by atoms with Crippen LogP contribution in [0.5, 0.6) is 0 Å². The van der Waals surface area contributed by atoms with Crippen LogP contribution in [0.15, 0.2) is 49.2 Å². The van der Waals surface area contributed by atoms with Crippen molar-refractivity contribution in [2.75, 3.05) is 0 Å². The van der Waals surface area contributed by atoms with Crippen LogP contribution in [0.3, 0.4) is 0 Å². The normalized spacial score (nSPS) is 12.1. The molecule has 0 fully saturated rings. The minimum Gasteiger partial charge on any atom is -0.344 e. The van der Waals surface area contributed by atoms with Crippen LogP contribution in [0.2, 0.25) is 0 Å². The highest BCUT2D eigenvalue weighted by Gasteiger charge is 2.19. The summed E-state index contributed by atoms with van der Waals surface area (Å²) in [7, 11) is 1.87. The molecule has 23 heavy (non-hydrogen) atoms. The molecule has 2 aromatic heterocycles. The number of rotatable bonds is 5. The van der Waals surface area contributed by atoms with Crippen molar-refractivity contribution in [2.45, 2.75) is 19.4 Å². The van der Waals surface area contributed by atoms with Crippen molar-refractivity contribution < 1.29 is 4.79 Å². The second kappa shape index (κ2) is 6.43. The molecule has 1 unspecified atom stereocenters. The number of para-hydroxylation sites is 1. The Morgan fingerprint density at radius 2 is 1.96 bits per heavy atom. The van der Waals surface area contributed by atoms with Crippen LogP contribution in [0.25, 0.3) is 5.69 Å². The number of carbonyl (C=O) groups is 1. The van der Waals surface area contributed by atoms with Gasteiger partial charge in [-0.3, -0.25) is 14.0 Å². The number of aryl methyl sites for hydroxylation is 1. The van der Waals surface area contributed by atoms with Crippen LogP contribution in [-0.4, -0.2) is 30.5 Å². The van der Waals surface area contributed by atoms with Gasteiger partial charge in [-0.2, -0.15) is 5.10 Å². The lowest BCUT2D eigenvalue weighted by atomic mass is 10.1. The molecule has 1 N–H and O–H groups in total. The maximum absolute atomic E-state index is 12.7. The number of hydrogen-bond donors (Lipinski definition) is 1. The predicted molar refractivity (Wildman–Crippen MR) is 85.1 cm³/mol. The first-order valence-electron chi connectivity index (χ1n) is 7.43. The van der Waals surface area contributed by atoms with E-state index in [2.05, 4.69) is 20.6 Å². The lowest BCUT2D eigenvalue weighted by molar-refractivity contribution is 0.0934. The summed E-state index contributed by atoms with van der Waals surface area (Å²) in [4.78, 5) is 12.7. The molecule has 3 rings (SSSR count). The van der Waals surface area contributed by atoms with E-state index >= 15 is 0 Å². The van der Waals surface area contributed by atoms with Crippen molar-refractivity contribution in [1.29, 1.82) is 0 Å². The molecule has 0 saturated heterocycles. The van der Waals surface area contributed by atoms with E-state index in [1.54, 1.807) is 34.2 Å². The van der Waals surface area contributed by atoms with Gasteiger partial charge in [0.1, 0.15) is 12.7 Å². The van der Waals surface area contributed by atoms with Crippen molar-refractivity contribution in [3.63, 3.8) is 0 Å². The molecule has 0 saturated carbocycles. The van der Waals surface area contributed by atoms with E-state index in [1.807, 2.05) is 38.2 Å². The molecule has 0 aliphatic carbocycles. The zero-order valence-electron chi connectivity index (χ0n) is 13.0. The van der Waals surface area contributed by atoms with Gasteiger partial charge >= 0.3 is 0 Å². The third kappa shape index (κ3) is 2.98. The second-order valence-corrected chi connectivity index (χ2v) is 5.20. The Morgan fingerprint density at radius 1 is 1.22 bits per heavy atom. The van der Waals surface area contributed by atoms with Crippen molar-refractivity contribution in [1.82, 2.24) is 29.9 Å². The highest BCUT2D eigenvalue weighted by molar-refractivity contribution is 5.98. The van der Waals surface area contributed by atoms with Gasteiger partial charge < -0.3 is 5.32 Å². The quantitative estimate of drug-likeness (QED) is 0.780. The molecule has 2 heterocycles. The van der Waals surface area contributed by atoms with Gasteiger partial charge in [-0.05, 0) is 24.6 Å². The minimum absolute atomic E-state index is 0.0935. The van der Waals surface area contributed by atoms with Gasteiger partial charge in [0.2, 0.25) is 0 Å². The maximum Gasteiger partial charge on any atom is 0.253 e. The van der Waals surface area contributed by atoms with Crippen LogP contribution in [0.4, 0.5) is 0 Å². The van der Waals surface area contributed by atoms with E-state index in [9.17, 15) is 4.79 Å². The van der Waals surface area contributed by atoms with Crippen molar-refractivity contribution in [3.8, 4) is 5.69 Å². The highest BCUT2D eigenvalue weighted by Crippen LogP contribution is 2.18. The van der Waals surface area contributed by atoms with E-state index in [0.717, 1.165) is 17.8 Å². The Hall–Kier alpha value is -2.96. The third-order valence-electron chi connectivity index (χ3n) is 3.78. The monoisotopic (exact) mass is 310 g/mol. The maximum atomic E-state index is 12.7. The molecule has 0 bridgehead atoms. The number of carbonyl (C=O) groups excluding carboxylic acids is 1. The fraction of sp³-hybridized carbons (Fsp3) is 0.250. The van der Waals surface area contributed by atoms with Gasteiger partial charge in [0.25, 0.3) is 5.91 Å². The summed E-state index contributed by atoms with van der Waals surface area (Å²) in [5, 5.41) is 14.8. The fourth-order valence-corrected chi connectivity index (χ4v) is 2.56.